The van der Waals surface area contributed by atoms with Crippen molar-refractivity contribution in [2.45, 2.75) is 70.2 Å². The minimum absolute atomic E-state index is 0.0701. The first kappa shape index (κ1) is 44.2. The Bertz CT molecular complexity index is 2950. The summed E-state index contributed by atoms with van der Waals surface area (Å²) in [6.07, 6.45) is 8.25. The van der Waals surface area contributed by atoms with Gasteiger partial charge in [-0.3, -0.25) is 9.59 Å². The second-order valence-electron chi connectivity index (χ2n) is 18.0. The number of methoxy groups -OCH3 is 3. The molecule has 15 nitrogen and oxygen atoms in total. The van der Waals surface area contributed by atoms with Gasteiger partial charge in [0.2, 0.25) is 5.91 Å². The van der Waals surface area contributed by atoms with Crippen molar-refractivity contribution in [3.05, 3.63) is 109 Å². The fourth-order valence-electron chi connectivity index (χ4n) is 10.0. The summed E-state index contributed by atoms with van der Waals surface area (Å²) in [6.45, 7) is 10.8. The summed E-state index contributed by atoms with van der Waals surface area (Å²) in [5.74, 6) is 1.31. The van der Waals surface area contributed by atoms with Gasteiger partial charge in [0.15, 0.2) is 0 Å². The molecule has 4 amide bonds. The number of aromatic nitrogens is 4. The van der Waals surface area contributed by atoms with E-state index < -0.39 is 24.3 Å². The molecule has 0 bridgehead atoms. The second-order valence-corrected chi connectivity index (χ2v) is 18.0. The summed E-state index contributed by atoms with van der Waals surface area (Å²) >= 11 is 0. The zero-order chi connectivity index (χ0) is 46.4. The molecule has 3 aliphatic rings. The van der Waals surface area contributed by atoms with Crippen LogP contribution in [-0.2, 0) is 23.8 Å². The van der Waals surface area contributed by atoms with E-state index in [1.807, 2.05) is 54.9 Å². The number of allylic oxidation sites excluding steroid dienone is 3. The quantitative estimate of drug-likeness (QED) is 0.0827. The Morgan fingerprint density at radius 2 is 1.39 bits per heavy atom. The maximum Gasteiger partial charge on any atom is 0.407 e. The van der Waals surface area contributed by atoms with Crippen molar-refractivity contribution < 1.29 is 33.4 Å². The van der Waals surface area contributed by atoms with E-state index in [2.05, 4.69) is 75.7 Å². The van der Waals surface area contributed by atoms with Crippen molar-refractivity contribution in [1.82, 2.24) is 40.4 Å². The molecule has 7 atom stereocenters. The minimum atomic E-state index is -0.987. The first-order valence-corrected chi connectivity index (χ1v) is 22.5. The molecule has 0 radical (unpaired) electrons. The van der Waals surface area contributed by atoms with E-state index in [0.29, 0.717) is 42.7 Å². The molecular formula is C51H56N8O7. The number of fused-ring (bicyclic) bond motifs is 7. The normalized spacial score (nSPS) is 21.3. The number of amides is 4. The average Bonchev–Trinajstić information content (AvgIpc) is 3.74. The smallest absolute Gasteiger partial charge is 0.407 e. The van der Waals surface area contributed by atoms with Crippen LogP contribution in [0.5, 0.6) is 0 Å². The van der Waals surface area contributed by atoms with Gasteiger partial charge in [-0.1, -0.05) is 81.1 Å². The summed E-state index contributed by atoms with van der Waals surface area (Å²) in [4.78, 5) is 73.9. The second kappa shape index (κ2) is 18.1. The number of rotatable bonds is 13. The lowest BCUT2D eigenvalue weighted by atomic mass is 9.98. The summed E-state index contributed by atoms with van der Waals surface area (Å²) < 4.78 is 15.2. The van der Waals surface area contributed by atoms with Gasteiger partial charge in [-0.25, -0.2) is 19.6 Å². The van der Waals surface area contributed by atoms with Crippen molar-refractivity contribution in [3.63, 3.8) is 0 Å². The number of ether oxygens (including phenoxy) is 3. The number of likely N-dealkylation sites (tertiary alicyclic amines) is 2. The van der Waals surface area contributed by atoms with Crippen LogP contribution in [0.25, 0.3) is 54.7 Å². The Morgan fingerprint density at radius 3 is 1.97 bits per heavy atom. The number of aromatic amines is 2. The van der Waals surface area contributed by atoms with Crippen LogP contribution < -0.4 is 10.6 Å². The molecular weight excluding hydrogens is 837 g/mol. The lowest BCUT2D eigenvalue weighted by Gasteiger charge is -2.30. The highest BCUT2D eigenvalue weighted by molar-refractivity contribution is 6.07. The molecule has 1 saturated carbocycles. The van der Waals surface area contributed by atoms with Crippen molar-refractivity contribution in [1.29, 1.82) is 0 Å². The van der Waals surface area contributed by atoms with Crippen LogP contribution in [0.3, 0.4) is 0 Å². The number of benzene rings is 4. The van der Waals surface area contributed by atoms with Gasteiger partial charge in [0, 0.05) is 36.4 Å². The SMILES string of the molecule is C=C(/C=C\C=C/C)[C@@H](NC(=O)OC)C(=O)N1[C@@H]2CC2C[C@H]1c1nc2ccc3cc(-c4ccc5c(ccc6nc([C@@H]7C[C@H](COC)CN7C(=O)[C@@H](NC(=O)OC)C(C)C)[nH]c65)c4)ccc3c2[nH]1. The van der Waals surface area contributed by atoms with E-state index in [-0.39, 0.29) is 41.8 Å². The van der Waals surface area contributed by atoms with Gasteiger partial charge in [-0.15, -0.1) is 0 Å². The lowest BCUT2D eigenvalue weighted by molar-refractivity contribution is -0.136. The van der Waals surface area contributed by atoms with Crippen LogP contribution in [0, 0.1) is 17.8 Å². The number of carbonyl (C=O) groups excluding carboxylic acids is 4. The predicted octanol–water partition coefficient (Wildman–Crippen LogP) is 8.40. The van der Waals surface area contributed by atoms with Gasteiger partial charge in [0.25, 0.3) is 5.91 Å². The summed E-state index contributed by atoms with van der Waals surface area (Å²) in [7, 11) is 4.23. The van der Waals surface area contributed by atoms with Crippen molar-refractivity contribution in [2.24, 2.45) is 17.8 Å². The molecule has 66 heavy (non-hydrogen) atoms. The summed E-state index contributed by atoms with van der Waals surface area (Å²) in [5.41, 5.74) is 5.97. The Labute approximate surface area is 382 Å². The molecule has 3 fully saturated rings. The number of alkyl carbamates (subject to hydrolysis) is 2. The van der Waals surface area contributed by atoms with Gasteiger partial charge in [0.1, 0.15) is 23.7 Å². The topological polar surface area (TPSA) is 184 Å². The molecule has 9 rings (SSSR count). The molecule has 4 aromatic carbocycles. The van der Waals surface area contributed by atoms with Crippen molar-refractivity contribution in [3.8, 4) is 11.1 Å². The van der Waals surface area contributed by atoms with Gasteiger partial charge < -0.3 is 44.6 Å². The Kier molecular flexibility index (Phi) is 12.1. The molecule has 15 heteroatoms. The number of nitrogens with one attached hydrogen (secondary N) is 4. The number of H-pyrrole nitrogens is 2. The van der Waals surface area contributed by atoms with Crippen molar-refractivity contribution in [2.75, 3.05) is 34.5 Å². The predicted molar refractivity (Wildman–Crippen MR) is 253 cm³/mol. The molecule has 4 heterocycles. The molecule has 6 aromatic rings. The third kappa shape index (κ3) is 8.27. The maximum absolute atomic E-state index is 14.3. The molecule has 2 saturated heterocycles. The highest BCUT2D eigenvalue weighted by Gasteiger charge is 2.56. The van der Waals surface area contributed by atoms with E-state index in [0.717, 1.165) is 67.6 Å². The largest absolute Gasteiger partial charge is 0.453 e. The average molecular weight is 893 g/mol. The Balaban J connectivity index is 0.982. The zero-order valence-electron chi connectivity index (χ0n) is 38.1. The first-order chi connectivity index (χ1) is 31.9. The van der Waals surface area contributed by atoms with E-state index in [1.165, 1.54) is 14.2 Å². The van der Waals surface area contributed by atoms with Crippen molar-refractivity contribution >= 4 is 67.6 Å². The van der Waals surface area contributed by atoms with E-state index in [9.17, 15) is 19.2 Å². The minimum Gasteiger partial charge on any atom is -0.453 e. The molecule has 0 spiro atoms. The zero-order valence-corrected chi connectivity index (χ0v) is 38.1. The number of hydrogen-bond acceptors (Lipinski definition) is 9. The van der Waals surface area contributed by atoms with E-state index in [4.69, 9.17) is 24.2 Å². The van der Waals surface area contributed by atoms with Crippen LogP contribution in [0.1, 0.15) is 63.8 Å². The number of imidazole rings is 2. The standard InChI is InChI=1S/C51H56N8O7/c1-8-9-10-11-28(4)43(57-51(63)66-7)49(61)59-39-23-34(39)24-41(59)47-53-38-19-15-33-22-31(13-17-36(33)45(38)55-47)30-12-16-35-32(21-30)14-18-37-44(35)54-46(52-37)40-20-29(26-64-5)25-58(40)48(60)42(27(2)3)56-50(62)65-6/h8-19,21-22,27,29,34,39-43H,4,20,23-26H2,1-3,5-7H3,(H,52,54)(H,53,55)(H,56,62)(H,57,63)/b9-8-,11-10-/t29-,34?,39+,40-,41-,42-,43+/m0/s1. The fraction of sp³-hybridized carbons (Fsp3) is 0.373. The first-order valence-electron chi connectivity index (χ1n) is 22.5. The van der Waals surface area contributed by atoms with Crippen LogP contribution in [0.15, 0.2) is 97.1 Å². The molecule has 4 N–H and O–H groups in total. The molecule has 342 valence electrons. The Hall–Kier alpha value is -7.00. The highest BCUT2D eigenvalue weighted by atomic mass is 16.5. The van der Waals surface area contributed by atoms with Crippen LogP contribution in [0.4, 0.5) is 9.59 Å². The molecule has 1 unspecified atom stereocenters. The Morgan fingerprint density at radius 1 is 0.788 bits per heavy atom. The third-order valence-electron chi connectivity index (χ3n) is 13.5. The number of hydrogen-bond donors (Lipinski definition) is 4. The van der Waals surface area contributed by atoms with Gasteiger partial charge >= 0.3 is 12.2 Å². The van der Waals surface area contributed by atoms with Gasteiger partial charge in [-0.05, 0) is 89.8 Å². The van der Waals surface area contributed by atoms with E-state index >= 15 is 0 Å². The third-order valence-corrected chi connectivity index (χ3v) is 13.5. The van der Waals surface area contributed by atoms with Crippen LogP contribution >= 0.6 is 0 Å². The molecule has 2 aliphatic heterocycles. The fourth-order valence-corrected chi connectivity index (χ4v) is 10.0. The highest BCUT2D eigenvalue weighted by Crippen LogP contribution is 2.53. The molecule has 2 aromatic heterocycles. The summed E-state index contributed by atoms with van der Waals surface area (Å²) in [5, 5.41) is 9.56. The van der Waals surface area contributed by atoms with Gasteiger partial charge in [0.05, 0.1) is 55.0 Å². The van der Waals surface area contributed by atoms with Gasteiger partial charge in [-0.2, -0.15) is 0 Å². The summed E-state index contributed by atoms with van der Waals surface area (Å²) in [6, 6.07) is 18.7. The lowest BCUT2D eigenvalue weighted by Crippen LogP contribution is -2.51. The van der Waals surface area contributed by atoms with Crippen LogP contribution in [0.2, 0.25) is 0 Å². The molecule has 1 aliphatic carbocycles. The van der Waals surface area contributed by atoms with E-state index in [1.54, 1.807) is 19.3 Å². The van der Waals surface area contributed by atoms with Crippen LogP contribution in [-0.4, -0.2) is 106 Å². The monoisotopic (exact) mass is 892 g/mol. The maximum atomic E-state index is 14.3. The number of piperidine rings is 1. The number of carbonyl (C=O) groups is 4. The number of nitrogens with zero attached hydrogens (tertiary/aromatic N) is 4.